The number of methoxy groups -OCH3 is 2. The molecule has 0 N–H and O–H groups in total. The van der Waals surface area contributed by atoms with Crippen molar-refractivity contribution in [2.24, 2.45) is 5.92 Å². The Morgan fingerprint density at radius 3 is 2.51 bits per heavy atom. The predicted octanol–water partition coefficient (Wildman–Crippen LogP) is 5.93. The van der Waals surface area contributed by atoms with Gasteiger partial charge in [-0.2, -0.15) is 10.4 Å². The molecule has 0 amide bonds. The minimum absolute atomic E-state index is 0.331. The maximum Gasteiger partial charge on any atom is 0.203 e. The number of anilines is 1. The molecule has 0 bridgehead atoms. The van der Waals surface area contributed by atoms with Crippen LogP contribution in [0, 0.1) is 24.2 Å². The monoisotopic (exact) mass is 488 g/mol. The third-order valence-corrected chi connectivity index (χ3v) is 6.97. The second-order valence-corrected chi connectivity index (χ2v) is 9.61. The molecule has 35 heavy (non-hydrogen) atoms. The number of aryl methyl sites for hydroxylation is 1. The first kappa shape index (κ1) is 23.2. The van der Waals surface area contributed by atoms with Crippen LogP contribution in [-0.2, 0) is 6.54 Å². The highest BCUT2D eigenvalue weighted by Gasteiger charge is 2.29. The summed E-state index contributed by atoms with van der Waals surface area (Å²) < 4.78 is 19.2. The van der Waals surface area contributed by atoms with Crippen molar-refractivity contribution in [3.05, 3.63) is 59.5 Å². The molecule has 0 aliphatic heterocycles. The first-order chi connectivity index (χ1) is 17.1. The van der Waals surface area contributed by atoms with Gasteiger partial charge in [-0.05, 0) is 73.9 Å². The summed E-state index contributed by atoms with van der Waals surface area (Å²) in [5.74, 6) is 3.24. The first-order valence-corrected chi connectivity index (χ1v) is 12.8. The van der Waals surface area contributed by atoms with Crippen LogP contribution in [0.25, 0.3) is 16.8 Å². The Morgan fingerprint density at radius 2 is 1.91 bits per heavy atom. The van der Waals surface area contributed by atoms with Gasteiger partial charge in [0, 0.05) is 6.54 Å². The molecule has 1 aliphatic carbocycles. The third kappa shape index (κ3) is 4.44. The van der Waals surface area contributed by atoms with Crippen LogP contribution in [-0.4, -0.2) is 36.6 Å². The molecule has 4 aromatic rings. The summed E-state index contributed by atoms with van der Waals surface area (Å²) in [5.41, 5.74) is 4.90. The molecular weight excluding hydrogens is 460 g/mol. The fourth-order valence-electron chi connectivity index (χ4n) is 4.51. The molecule has 1 aromatic carbocycles. The second-order valence-electron chi connectivity index (χ2n) is 8.81. The first-order valence-electron chi connectivity index (χ1n) is 11.6. The van der Waals surface area contributed by atoms with Gasteiger partial charge in [0.05, 0.1) is 43.2 Å². The van der Waals surface area contributed by atoms with Gasteiger partial charge in [-0.1, -0.05) is 6.07 Å². The Hall–Kier alpha value is -3.57. The van der Waals surface area contributed by atoms with Crippen molar-refractivity contribution in [3.8, 4) is 28.8 Å². The Bertz CT molecular complexity index is 1390. The number of aromatic nitrogens is 2. The second kappa shape index (κ2) is 9.59. The Balaban J connectivity index is 1.67. The average Bonchev–Trinajstić information content (AvgIpc) is 3.43. The number of nitriles is 1. The molecule has 0 radical (unpaired) electrons. The van der Waals surface area contributed by atoms with Gasteiger partial charge in [-0.25, -0.2) is 4.52 Å². The molecule has 3 heterocycles. The average molecular weight is 489 g/mol. The van der Waals surface area contributed by atoms with Gasteiger partial charge < -0.3 is 18.8 Å². The summed E-state index contributed by atoms with van der Waals surface area (Å²) in [6.07, 6.45) is 4.51. The van der Waals surface area contributed by atoms with Crippen molar-refractivity contribution in [1.82, 2.24) is 9.61 Å². The van der Waals surface area contributed by atoms with Crippen molar-refractivity contribution in [3.63, 3.8) is 0 Å². The number of rotatable bonds is 9. The van der Waals surface area contributed by atoms with Crippen LogP contribution in [0.3, 0.4) is 0 Å². The summed E-state index contributed by atoms with van der Waals surface area (Å²) in [5, 5.41) is 15.2. The number of nitrogens with zero attached hydrogens (tertiary/aromatic N) is 4. The minimum Gasteiger partial charge on any atom is -0.496 e. The SMILES string of the molecule is COc1cc(C)cc(OC)c1-c1cccc2c(N(Cc3ccc(C#N)o3)CC3CC3)c(SC)nn12. The summed E-state index contributed by atoms with van der Waals surface area (Å²) in [6.45, 7) is 3.52. The number of benzene rings is 1. The molecule has 3 aromatic heterocycles. The molecule has 1 saturated carbocycles. The van der Waals surface area contributed by atoms with Crippen molar-refractivity contribution in [1.29, 1.82) is 5.26 Å². The largest absolute Gasteiger partial charge is 0.496 e. The van der Waals surface area contributed by atoms with E-state index in [0.717, 1.165) is 56.9 Å². The van der Waals surface area contributed by atoms with Crippen molar-refractivity contribution < 1.29 is 13.9 Å². The van der Waals surface area contributed by atoms with Gasteiger partial charge in [-0.15, -0.1) is 11.8 Å². The summed E-state index contributed by atoms with van der Waals surface area (Å²) >= 11 is 1.62. The van der Waals surface area contributed by atoms with E-state index in [-0.39, 0.29) is 0 Å². The molecule has 0 saturated heterocycles. The number of thioether (sulfide) groups is 1. The van der Waals surface area contributed by atoms with Crippen LogP contribution in [0.2, 0.25) is 0 Å². The maximum atomic E-state index is 9.19. The quantitative estimate of drug-likeness (QED) is 0.270. The van der Waals surface area contributed by atoms with Crippen molar-refractivity contribution in [2.75, 3.05) is 31.9 Å². The lowest BCUT2D eigenvalue weighted by atomic mass is 10.1. The van der Waals surface area contributed by atoms with Crippen molar-refractivity contribution >= 4 is 23.0 Å². The topological polar surface area (TPSA) is 75.9 Å². The molecular formula is C27H28N4O3S. The summed E-state index contributed by atoms with van der Waals surface area (Å²) in [4.78, 5) is 2.35. The molecule has 0 atom stereocenters. The highest BCUT2D eigenvalue weighted by molar-refractivity contribution is 7.98. The maximum absolute atomic E-state index is 9.19. The van der Waals surface area contributed by atoms with Gasteiger partial charge in [-0.3, -0.25) is 0 Å². The van der Waals surface area contributed by atoms with E-state index in [9.17, 15) is 5.26 Å². The lowest BCUT2D eigenvalue weighted by Gasteiger charge is -2.24. The van der Waals surface area contributed by atoms with E-state index in [1.54, 1.807) is 32.0 Å². The number of furan rings is 1. The van der Waals surface area contributed by atoms with Crippen LogP contribution in [0.5, 0.6) is 11.5 Å². The predicted molar refractivity (Wildman–Crippen MR) is 137 cm³/mol. The highest BCUT2D eigenvalue weighted by Crippen LogP contribution is 2.43. The number of ether oxygens (including phenoxy) is 2. The van der Waals surface area contributed by atoms with Crippen LogP contribution < -0.4 is 14.4 Å². The molecule has 0 unspecified atom stereocenters. The number of pyridine rings is 1. The molecule has 0 spiro atoms. The van der Waals surface area contributed by atoms with Gasteiger partial charge in [0.15, 0.2) is 0 Å². The number of hydrogen-bond acceptors (Lipinski definition) is 7. The molecule has 1 fully saturated rings. The highest BCUT2D eigenvalue weighted by atomic mass is 32.2. The van der Waals surface area contributed by atoms with Gasteiger partial charge >= 0.3 is 0 Å². The van der Waals surface area contributed by atoms with Crippen LogP contribution >= 0.6 is 11.8 Å². The van der Waals surface area contributed by atoms with E-state index >= 15 is 0 Å². The van der Waals surface area contributed by atoms with E-state index in [1.165, 1.54) is 12.8 Å². The Kier molecular flexibility index (Phi) is 6.35. The normalized spacial score (nSPS) is 13.1. The van der Waals surface area contributed by atoms with Crippen molar-refractivity contribution in [2.45, 2.75) is 31.3 Å². The zero-order valence-corrected chi connectivity index (χ0v) is 21.2. The van der Waals surface area contributed by atoms with Gasteiger partial charge in [0.2, 0.25) is 5.76 Å². The Morgan fingerprint density at radius 1 is 1.17 bits per heavy atom. The molecule has 8 heteroatoms. The van der Waals surface area contributed by atoms with Crippen LogP contribution in [0.1, 0.15) is 29.9 Å². The standard InChI is InChI=1S/C27H28N4O3S/c1-17-12-23(32-2)25(24(13-17)33-3)21-6-5-7-22-26(27(35-4)29-31(21)22)30(15-18-8-9-18)16-20-11-10-19(14-28)34-20/h5-7,10-13,18H,8-9,15-16H2,1-4H3. The van der Waals surface area contributed by atoms with Crippen LogP contribution in [0.15, 0.2) is 51.9 Å². The summed E-state index contributed by atoms with van der Waals surface area (Å²) in [6, 6.07) is 15.9. The molecule has 180 valence electrons. The van der Waals surface area contributed by atoms with E-state index in [2.05, 4.69) is 23.1 Å². The molecule has 5 rings (SSSR count). The van der Waals surface area contributed by atoms with Gasteiger partial charge in [0.1, 0.15) is 28.4 Å². The molecule has 1 aliphatic rings. The lowest BCUT2D eigenvalue weighted by Crippen LogP contribution is -2.25. The number of hydrogen-bond donors (Lipinski definition) is 0. The zero-order valence-electron chi connectivity index (χ0n) is 20.4. The van der Waals surface area contributed by atoms with E-state index < -0.39 is 0 Å². The minimum atomic E-state index is 0.331. The Labute approximate surface area is 209 Å². The van der Waals surface area contributed by atoms with E-state index in [1.807, 2.05) is 42.0 Å². The fraction of sp³-hybridized carbons (Fsp3) is 0.333. The third-order valence-electron chi connectivity index (χ3n) is 6.31. The van der Waals surface area contributed by atoms with Gasteiger partial charge in [0.25, 0.3) is 0 Å². The van der Waals surface area contributed by atoms with E-state index in [4.69, 9.17) is 19.0 Å². The zero-order chi connectivity index (χ0) is 24.5. The fourth-order valence-corrected chi connectivity index (χ4v) is 5.10. The number of fused-ring (bicyclic) bond motifs is 1. The summed E-state index contributed by atoms with van der Waals surface area (Å²) in [7, 11) is 3.35. The lowest BCUT2D eigenvalue weighted by molar-refractivity contribution is 0.396. The molecule has 7 nitrogen and oxygen atoms in total. The smallest absolute Gasteiger partial charge is 0.203 e. The van der Waals surface area contributed by atoms with Crippen LogP contribution in [0.4, 0.5) is 5.69 Å². The van der Waals surface area contributed by atoms with E-state index in [0.29, 0.717) is 18.2 Å².